The molecule has 1 aliphatic rings. The van der Waals surface area contributed by atoms with Crippen LogP contribution in [0.3, 0.4) is 0 Å². The zero-order valence-corrected chi connectivity index (χ0v) is 15.0. The van der Waals surface area contributed by atoms with Crippen molar-refractivity contribution < 1.29 is 19.6 Å². The SMILES string of the molecule is CNC(CCCCB(O)O)CCN1CCc2ccccc2C1.O=C=O. The highest BCUT2D eigenvalue weighted by atomic mass is 16.4. The van der Waals surface area contributed by atoms with Crippen molar-refractivity contribution in [3.8, 4) is 0 Å². The molecular formula is C18H29BN2O4. The quantitative estimate of drug-likeness (QED) is 0.457. The van der Waals surface area contributed by atoms with E-state index in [4.69, 9.17) is 19.6 Å². The first-order chi connectivity index (χ1) is 12.1. The summed E-state index contributed by atoms with van der Waals surface area (Å²) in [4.78, 5) is 18.8. The molecule has 0 bridgehead atoms. The van der Waals surface area contributed by atoms with E-state index in [-0.39, 0.29) is 6.15 Å². The van der Waals surface area contributed by atoms with Gasteiger partial charge in [0.05, 0.1) is 0 Å². The van der Waals surface area contributed by atoms with Crippen LogP contribution in [0.25, 0.3) is 0 Å². The summed E-state index contributed by atoms with van der Waals surface area (Å²) < 4.78 is 0. The summed E-state index contributed by atoms with van der Waals surface area (Å²) in [6, 6.07) is 9.28. The van der Waals surface area contributed by atoms with E-state index in [1.54, 1.807) is 0 Å². The molecule has 0 fully saturated rings. The highest BCUT2D eigenvalue weighted by Crippen LogP contribution is 2.19. The molecule has 2 rings (SSSR count). The monoisotopic (exact) mass is 348 g/mol. The molecule has 0 saturated carbocycles. The Morgan fingerprint density at radius 2 is 1.88 bits per heavy atom. The first kappa shape index (κ1) is 21.5. The molecule has 1 unspecified atom stereocenters. The van der Waals surface area contributed by atoms with E-state index >= 15 is 0 Å². The molecule has 0 aliphatic carbocycles. The zero-order chi connectivity index (χ0) is 18.5. The Morgan fingerprint density at radius 1 is 1.20 bits per heavy atom. The van der Waals surface area contributed by atoms with Gasteiger partial charge in [-0.25, -0.2) is 0 Å². The van der Waals surface area contributed by atoms with Crippen molar-refractivity contribution in [2.24, 2.45) is 0 Å². The molecule has 7 heteroatoms. The average Bonchev–Trinajstić information content (AvgIpc) is 2.61. The van der Waals surface area contributed by atoms with Gasteiger partial charge >= 0.3 is 13.3 Å². The third-order valence-electron chi connectivity index (χ3n) is 4.68. The lowest BCUT2D eigenvalue weighted by atomic mass is 9.83. The maximum Gasteiger partial charge on any atom is 0.451 e. The number of rotatable bonds is 9. The van der Waals surface area contributed by atoms with Crippen LogP contribution in [-0.4, -0.2) is 54.4 Å². The number of nitrogens with zero attached hydrogens (tertiary/aromatic N) is 1. The van der Waals surface area contributed by atoms with Crippen molar-refractivity contribution in [3.05, 3.63) is 35.4 Å². The third kappa shape index (κ3) is 8.96. The molecular weight excluding hydrogens is 319 g/mol. The van der Waals surface area contributed by atoms with Gasteiger partial charge in [0.2, 0.25) is 0 Å². The second-order valence-electron chi connectivity index (χ2n) is 6.42. The molecule has 25 heavy (non-hydrogen) atoms. The van der Waals surface area contributed by atoms with Crippen LogP contribution in [0.5, 0.6) is 0 Å². The Hall–Kier alpha value is -1.50. The van der Waals surface area contributed by atoms with E-state index in [0.717, 1.165) is 51.7 Å². The normalized spacial score (nSPS) is 14.7. The van der Waals surface area contributed by atoms with Gasteiger partial charge in [0.1, 0.15) is 0 Å². The molecule has 0 aromatic heterocycles. The van der Waals surface area contributed by atoms with Gasteiger partial charge in [-0.15, -0.1) is 0 Å². The number of fused-ring (bicyclic) bond motifs is 1. The van der Waals surface area contributed by atoms with E-state index in [0.29, 0.717) is 12.4 Å². The fourth-order valence-corrected chi connectivity index (χ4v) is 3.23. The summed E-state index contributed by atoms with van der Waals surface area (Å²) in [6.07, 6.45) is 6.08. The van der Waals surface area contributed by atoms with Gasteiger partial charge in [-0.2, -0.15) is 9.59 Å². The lowest BCUT2D eigenvalue weighted by Gasteiger charge is -2.30. The smallest absolute Gasteiger partial charge is 0.427 e. The van der Waals surface area contributed by atoms with Crippen molar-refractivity contribution >= 4 is 13.3 Å². The van der Waals surface area contributed by atoms with Crippen molar-refractivity contribution in [2.45, 2.75) is 51.0 Å². The van der Waals surface area contributed by atoms with Gasteiger partial charge in [0, 0.05) is 19.1 Å². The summed E-state index contributed by atoms with van der Waals surface area (Å²) in [6.45, 7) is 3.36. The Labute approximate surface area is 150 Å². The maximum atomic E-state index is 8.86. The lowest BCUT2D eigenvalue weighted by Crippen LogP contribution is -2.35. The molecule has 1 heterocycles. The molecule has 3 N–H and O–H groups in total. The van der Waals surface area contributed by atoms with Crippen LogP contribution in [0.4, 0.5) is 0 Å². The largest absolute Gasteiger partial charge is 0.451 e. The maximum absolute atomic E-state index is 8.86. The molecule has 0 amide bonds. The average molecular weight is 348 g/mol. The first-order valence-corrected chi connectivity index (χ1v) is 8.92. The second kappa shape index (κ2) is 12.8. The van der Waals surface area contributed by atoms with E-state index in [2.05, 4.69) is 34.5 Å². The minimum absolute atomic E-state index is 0.250. The molecule has 1 aromatic carbocycles. The van der Waals surface area contributed by atoms with Crippen LogP contribution in [-0.2, 0) is 22.6 Å². The van der Waals surface area contributed by atoms with Crippen molar-refractivity contribution in [1.82, 2.24) is 10.2 Å². The fraction of sp³-hybridized carbons (Fsp3) is 0.611. The van der Waals surface area contributed by atoms with Gasteiger partial charge in [-0.1, -0.05) is 37.1 Å². The number of carbonyl (C=O) groups excluding carboxylic acids is 2. The Kier molecular flexibility index (Phi) is 11.0. The highest BCUT2D eigenvalue weighted by molar-refractivity contribution is 6.40. The van der Waals surface area contributed by atoms with Crippen LogP contribution in [0, 0.1) is 0 Å². The van der Waals surface area contributed by atoms with Crippen molar-refractivity contribution in [1.29, 1.82) is 0 Å². The van der Waals surface area contributed by atoms with E-state index in [9.17, 15) is 0 Å². The van der Waals surface area contributed by atoms with Gasteiger partial charge in [0.15, 0.2) is 0 Å². The predicted molar refractivity (Wildman–Crippen MR) is 96.7 cm³/mol. The molecule has 138 valence electrons. The molecule has 0 saturated heterocycles. The molecule has 1 atom stereocenters. The minimum atomic E-state index is -1.15. The zero-order valence-electron chi connectivity index (χ0n) is 15.0. The number of nitrogens with one attached hydrogen (secondary N) is 1. The molecule has 6 nitrogen and oxygen atoms in total. The molecule has 0 radical (unpaired) electrons. The van der Waals surface area contributed by atoms with Crippen LogP contribution in [0.1, 0.15) is 36.8 Å². The van der Waals surface area contributed by atoms with Gasteiger partial charge in [-0.05, 0) is 50.3 Å². The summed E-state index contributed by atoms with van der Waals surface area (Å²) in [7, 11) is 0.873. The Balaban J connectivity index is 0.000000970. The first-order valence-electron chi connectivity index (χ1n) is 8.92. The van der Waals surface area contributed by atoms with Gasteiger partial charge in [0.25, 0.3) is 0 Å². The standard InChI is InChI=1S/C17H29BN2O2.CO2/c1-19-17(8-4-5-11-18(21)22)10-13-20-12-9-15-6-2-3-7-16(15)14-20;2-1-3/h2-3,6-7,17,19,21-22H,4-5,8-14H2,1H3;. The van der Waals surface area contributed by atoms with Gasteiger partial charge < -0.3 is 15.4 Å². The van der Waals surface area contributed by atoms with Crippen molar-refractivity contribution in [3.63, 3.8) is 0 Å². The summed E-state index contributed by atoms with van der Waals surface area (Å²) in [5, 5.41) is 21.1. The summed E-state index contributed by atoms with van der Waals surface area (Å²) in [5.74, 6) is 0. The summed E-state index contributed by atoms with van der Waals surface area (Å²) in [5.41, 5.74) is 2.98. The predicted octanol–water partition coefficient (Wildman–Crippen LogP) is 1.08. The van der Waals surface area contributed by atoms with Crippen LogP contribution >= 0.6 is 0 Å². The van der Waals surface area contributed by atoms with Crippen molar-refractivity contribution in [2.75, 3.05) is 20.1 Å². The number of hydrogen-bond acceptors (Lipinski definition) is 6. The summed E-state index contributed by atoms with van der Waals surface area (Å²) >= 11 is 0. The van der Waals surface area contributed by atoms with E-state index in [1.807, 2.05) is 7.05 Å². The molecule has 0 spiro atoms. The third-order valence-corrected chi connectivity index (χ3v) is 4.68. The minimum Gasteiger partial charge on any atom is -0.427 e. The molecule has 1 aliphatic heterocycles. The van der Waals surface area contributed by atoms with Crippen LogP contribution in [0.2, 0.25) is 6.32 Å². The van der Waals surface area contributed by atoms with Crippen LogP contribution < -0.4 is 5.32 Å². The van der Waals surface area contributed by atoms with E-state index in [1.165, 1.54) is 11.1 Å². The number of hydrogen-bond donors (Lipinski definition) is 3. The topological polar surface area (TPSA) is 89.9 Å². The second-order valence-corrected chi connectivity index (χ2v) is 6.42. The Morgan fingerprint density at radius 3 is 2.52 bits per heavy atom. The number of unbranched alkanes of at least 4 members (excludes halogenated alkanes) is 1. The number of benzene rings is 1. The Bertz CT molecular complexity index is 522. The lowest BCUT2D eigenvalue weighted by molar-refractivity contribution is -0.191. The fourth-order valence-electron chi connectivity index (χ4n) is 3.23. The van der Waals surface area contributed by atoms with E-state index < -0.39 is 7.12 Å². The molecule has 1 aromatic rings. The van der Waals surface area contributed by atoms with Crippen LogP contribution in [0.15, 0.2) is 24.3 Å². The highest BCUT2D eigenvalue weighted by Gasteiger charge is 2.17. The van der Waals surface area contributed by atoms with Gasteiger partial charge in [-0.3, -0.25) is 4.90 Å².